The first-order chi connectivity index (χ1) is 17.6. The summed E-state index contributed by atoms with van der Waals surface area (Å²) in [7, 11) is 1.64. The first-order valence-corrected chi connectivity index (χ1v) is 12.8. The van der Waals surface area contributed by atoms with E-state index in [0.717, 1.165) is 72.7 Å². The number of hydrogen-bond donors (Lipinski definition) is 1. The summed E-state index contributed by atoms with van der Waals surface area (Å²) in [5, 5.41) is 1.12. The van der Waals surface area contributed by atoms with Gasteiger partial charge in [-0.3, -0.25) is 14.5 Å². The van der Waals surface area contributed by atoms with Gasteiger partial charge in [0.05, 0.1) is 32.9 Å². The molecule has 4 heterocycles. The summed E-state index contributed by atoms with van der Waals surface area (Å²) in [5.74, 6) is 0.760. The predicted molar refractivity (Wildman–Crippen MR) is 136 cm³/mol. The smallest absolute Gasteiger partial charge is 0.246 e. The Hall–Kier alpha value is -3.36. The number of rotatable bonds is 6. The third-order valence-corrected chi connectivity index (χ3v) is 7.76. The van der Waals surface area contributed by atoms with Crippen molar-refractivity contribution in [3.8, 4) is 5.75 Å². The van der Waals surface area contributed by atoms with Crippen LogP contribution in [0.15, 0.2) is 48.5 Å². The van der Waals surface area contributed by atoms with Gasteiger partial charge in [-0.2, -0.15) is 0 Å². The summed E-state index contributed by atoms with van der Waals surface area (Å²) in [6, 6.07) is 15.1. The quantitative estimate of drug-likeness (QED) is 0.577. The number of H-pyrrole nitrogens is 1. The average Bonchev–Trinajstić information content (AvgIpc) is 3.29. The lowest BCUT2D eigenvalue weighted by atomic mass is 9.86. The molecule has 0 bridgehead atoms. The minimum Gasteiger partial charge on any atom is -0.497 e. The lowest BCUT2D eigenvalue weighted by molar-refractivity contribution is -0.158. The minimum absolute atomic E-state index is 0.0110. The molecule has 0 unspecified atom stereocenters. The molecule has 0 saturated carbocycles. The van der Waals surface area contributed by atoms with E-state index in [1.807, 2.05) is 41.3 Å². The molecule has 2 saturated heterocycles. The number of carbonyl (C=O) groups is 2. The second-order valence-corrected chi connectivity index (χ2v) is 9.83. The summed E-state index contributed by atoms with van der Waals surface area (Å²) in [6.07, 6.45) is 1.37. The van der Waals surface area contributed by atoms with Gasteiger partial charge in [0.25, 0.3) is 0 Å². The summed E-state index contributed by atoms with van der Waals surface area (Å²) >= 11 is 0. The van der Waals surface area contributed by atoms with Gasteiger partial charge in [0.1, 0.15) is 11.8 Å². The number of methoxy groups -OCH3 is 1. The van der Waals surface area contributed by atoms with Gasteiger partial charge in [-0.05, 0) is 35.7 Å². The number of nitrogens with one attached hydrogen (secondary N) is 1. The Morgan fingerprint density at radius 1 is 1.06 bits per heavy atom. The van der Waals surface area contributed by atoms with Gasteiger partial charge in [-0.1, -0.05) is 30.3 Å². The highest BCUT2D eigenvalue weighted by Crippen LogP contribution is 2.43. The molecule has 8 heteroatoms. The Morgan fingerprint density at radius 3 is 2.72 bits per heavy atom. The molecule has 6 rings (SSSR count). The van der Waals surface area contributed by atoms with Crippen molar-refractivity contribution in [3.63, 3.8) is 0 Å². The molecule has 0 spiro atoms. The number of piperazine rings is 1. The minimum atomic E-state index is -0.516. The van der Waals surface area contributed by atoms with E-state index < -0.39 is 6.04 Å². The van der Waals surface area contributed by atoms with Crippen molar-refractivity contribution in [2.24, 2.45) is 0 Å². The van der Waals surface area contributed by atoms with Crippen LogP contribution in [0.3, 0.4) is 0 Å². The Morgan fingerprint density at radius 2 is 1.89 bits per heavy atom. The Labute approximate surface area is 210 Å². The van der Waals surface area contributed by atoms with Gasteiger partial charge >= 0.3 is 0 Å². The molecule has 2 atom stereocenters. The monoisotopic (exact) mass is 488 g/mol. The van der Waals surface area contributed by atoms with Crippen LogP contribution in [0.4, 0.5) is 0 Å². The topological polar surface area (TPSA) is 78.1 Å². The van der Waals surface area contributed by atoms with Gasteiger partial charge in [0, 0.05) is 49.2 Å². The molecule has 2 amide bonds. The van der Waals surface area contributed by atoms with E-state index in [1.54, 1.807) is 12.0 Å². The number of fused-ring (bicyclic) bond motifs is 4. The third kappa shape index (κ3) is 4.04. The van der Waals surface area contributed by atoms with Gasteiger partial charge < -0.3 is 24.3 Å². The number of amides is 2. The fraction of sp³-hybridized carbons (Fsp3) is 0.429. The Balaban J connectivity index is 1.32. The number of ether oxygens (including phenoxy) is 2. The fourth-order valence-electron chi connectivity index (χ4n) is 5.98. The van der Waals surface area contributed by atoms with Crippen LogP contribution in [0.2, 0.25) is 0 Å². The van der Waals surface area contributed by atoms with E-state index in [4.69, 9.17) is 9.47 Å². The van der Waals surface area contributed by atoms with Crippen LogP contribution in [0, 0.1) is 0 Å². The number of benzene rings is 2. The summed E-state index contributed by atoms with van der Waals surface area (Å²) in [4.78, 5) is 37.0. The van der Waals surface area contributed by atoms with Gasteiger partial charge in [-0.15, -0.1) is 0 Å². The Kier molecular flexibility index (Phi) is 6.15. The first kappa shape index (κ1) is 23.1. The maximum absolute atomic E-state index is 13.8. The highest BCUT2D eigenvalue weighted by molar-refractivity contribution is 5.97. The SMILES string of the molecule is COc1cccc([C@@H]2c3[nH]c4ccccc4c3C[C@H]3C(=O)N(CCCN4CCOCC4)CC(=O)N23)c1. The number of nitrogens with zero attached hydrogens (tertiary/aromatic N) is 3. The van der Waals surface area contributed by atoms with Crippen molar-refractivity contribution >= 4 is 22.7 Å². The molecule has 188 valence electrons. The molecule has 1 N–H and O–H groups in total. The molecule has 1 aromatic heterocycles. The number of aromatic amines is 1. The van der Waals surface area contributed by atoms with Crippen LogP contribution in [0.25, 0.3) is 10.9 Å². The van der Waals surface area contributed by atoms with E-state index in [-0.39, 0.29) is 24.4 Å². The lowest BCUT2D eigenvalue weighted by Gasteiger charge is -2.47. The highest BCUT2D eigenvalue weighted by Gasteiger charge is 2.48. The van der Waals surface area contributed by atoms with E-state index >= 15 is 0 Å². The number of para-hydroxylation sites is 1. The zero-order chi connectivity index (χ0) is 24.6. The molecule has 0 aliphatic carbocycles. The van der Waals surface area contributed by atoms with Crippen LogP contribution in [-0.4, -0.2) is 90.6 Å². The molecule has 3 aliphatic rings. The molecule has 2 fully saturated rings. The first-order valence-electron chi connectivity index (χ1n) is 12.8. The zero-order valence-electron chi connectivity index (χ0n) is 20.6. The van der Waals surface area contributed by atoms with Crippen molar-refractivity contribution in [2.45, 2.75) is 24.9 Å². The number of hydrogen-bond acceptors (Lipinski definition) is 5. The van der Waals surface area contributed by atoms with E-state index in [0.29, 0.717) is 13.0 Å². The van der Waals surface area contributed by atoms with Crippen molar-refractivity contribution in [1.29, 1.82) is 0 Å². The predicted octanol–water partition coefficient (Wildman–Crippen LogP) is 2.58. The van der Waals surface area contributed by atoms with Crippen LogP contribution in [-0.2, 0) is 20.7 Å². The van der Waals surface area contributed by atoms with Crippen LogP contribution < -0.4 is 4.74 Å². The lowest BCUT2D eigenvalue weighted by Crippen LogP contribution is -2.63. The van der Waals surface area contributed by atoms with Crippen LogP contribution in [0.5, 0.6) is 5.75 Å². The molecule has 0 radical (unpaired) electrons. The van der Waals surface area contributed by atoms with Gasteiger partial charge in [0.15, 0.2) is 0 Å². The van der Waals surface area contributed by atoms with E-state index in [9.17, 15) is 9.59 Å². The maximum Gasteiger partial charge on any atom is 0.246 e. The molecule has 36 heavy (non-hydrogen) atoms. The molecule has 8 nitrogen and oxygen atoms in total. The second-order valence-electron chi connectivity index (χ2n) is 9.83. The van der Waals surface area contributed by atoms with Crippen LogP contribution in [0.1, 0.15) is 29.3 Å². The fourth-order valence-corrected chi connectivity index (χ4v) is 5.98. The molecule has 3 aromatic rings. The second kappa shape index (κ2) is 9.59. The number of morpholine rings is 1. The third-order valence-electron chi connectivity index (χ3n) is 7.76. The van der Waals surface area contributed by atoms with Crippen molar-refractivity contribution in [2.75, 3.05) is 53.0 Å². The summed E-state index contributed by atoms with van der Waals surface area (Å²) in [5.41, 5.74) is 4.07. The molecule has 3 aliphatic heterocycles. The van der Waals surface area contributed by atoms with Crippen molar-refractivity contribution < 1.29 is 19.1 Å². The van der Waals surface area contributed by atoms with E-state index in [2.05, 4.69) is 22.0 Å². The molecular weight excluding hydrogens is 456 g/mol. The highest BCUT2D eigenvalue weighted by atomic mass is 16.5. The van der Waals surface area contributed by atoms with Crippen molar-refractivity contribution in [1.82, 2.24) is 19.7 Å². The van der Waals surface area contributed by atoms with Gasteiger partial charge in [-0.25, -0.2) is 0 Å². The largest absolute Gasteiger partial charge is 0.497 e. The standard InChI is InChI=1S/C28H32N4O4/c1-35-20-7-4-6-19(16-20)27-26-22(21-8-2-3-9-23(21)29-26)17-24-28(34)31(18-25(33)32(24)27)11-5-10-30-12-14-36-15-13-30/h2-4,6-9,16,24,27,29H,5,10-15,17-18H2,1H3/t24-,27+/m0/s1. The summed E-state index contributed by atoms with van der Waals surface area (Å²) < 4.78 is 10.9. The molecule has 2 aromatic carbocycles. The molecular formula is C28H32N4O4. The van der Waals surface area contributed by atoms with Crippen LogP contribution >= 0.6 is 0 Å². The van der Waals surface area contributed by atoms with Crippen molar-refractivity contribution in [3.05, 3.63) is 65.4 Å². The number of aromatic nitrogens is 1. The maximum atomic E-state index is 13.8. The summed E-state index contributed by atoms with van der Waals surface area (Å²) in [6.45, 7) is 5.00. The average molecular weight is 489 g/mol. The van der Waals surface area contributed by atoms with E-state index in [1.165, 1.54) is 0 Å². The normalized spacial score (nSPS) is 22.6. The number of carbonyl (C=O) groups excluding carboxylic acids is 2. The van der Waals surface area contributed by atoms with Gasteiger partial charge in [0.2, 0.25) is 11.8 Å². The zero-order valence-corrected chi connectivity index (χ0v) is 20.6. The Bertz CT molecular complexity index is 1280.